The van der Waals surface area contributed by atoms with Gasteiger partial charge in [0.15, 0.2) is 0 Å². The minimum absolute atomic E-state index is 0. The van der Waals surface area contributed by atoms with E-state index in [0.29, 0.717) is 0 Å². The minimum atomic E-state index is 0. The van der Waals surface area contributed by atoms with Crippen LogP contribution >= 0.6 is 11.3 Å². The van der Waals surface area contributed by atoms with Gasteiger partial charge < -0.3 is 6.53 Å². The topological polar surface area (TPSA) is 20.2 Å². The van der Waals surface area contributed by atoms with E-state index in [1.807, 2.05) is 11.4 Å². The summed E-state index contributed by atoms with van der Waals surface area (Å²) in [5.41, 5.74) is 1.23. The third kappa shape index (κ3) is 3.38. The van der Waals surface area contributed by atoms with E-state index in [-0.39, 0.29) is 37.6 Å². The van der Waals surface area contributed by atoms with Crippen LogP contribution in [0.1, 0.15) is 6.99 Å². The third-order valence-electron chi connectivity index (χ3n) is 0.981. The minimum Gasteiger partial charge on any atom is -1.00 e. The molecule has 0 aliphatic rings. The molecule has 0 radical (unpaired) electrons. The number of aliphatic hydroxyl groups is 1. The van der Waals surface area contributed by atoms with Crippen LogP contribution < -0.4 is 29.6 Å². The molecule has 0 aliphatic carbocycles. The maximum Gasteiger partial charge on any atom is 1.00 e. The van der Waals surface area contributed by atoms with Crippen LogP contribution in [0.2, 0.25) is 0 Å². The summed E-state index contributed by atoms with van der Waals surface area (Å²) < 4.78 is 0. The summed E-state index contributed by atoms with van der Waals surface area (Å²) in [4.78, 5) is 0. The van der Waals surface area contributed by atoms with Crippen LogP contribution in [0.4, 0.5) is 0 Å². The number of aliphatic hydroxyl groups excluding tert-OH is 1. The van der Waals surface area contributed by atoms with Crippen LogP contribution in [-0.2, 0) is 6.42 Å². The molecule has 0 atom stereocenters. The Morgan fingerprint density at radius 3 is 2.89 bits per heavy atom. The smallest absolute Gasteiger partial charge is 1.00 e. The second kappa shape index (κ2) is 5.45. The molecule has 1 aromatic heterocycles. The number of hydrogen-bond donors (Lipinski definition) is 1. The van der Waals surface area contributed by atoms with Crippen molar-refractivity contribution in [3.63, 3.8) is 0 Å². The zero-order valence-corrected chi connectivity index (χ0v) is 8.32. The molecule has 1 heterocycles. The van der Waals surface area contributed by atoms with Gasteiger partial charge in [-0.15, -0.1) is 0 Å². The van der Waals surface area contributed by atoms with Crippen molar-refractivity contribution in [3.05, 3.63) is 22.4 Å². The molecule has 0 bridgehead atoms. The summed E-state index contributed by atoms with van der Waals surface area (Å²) in [7, 11) is 0. The number of thiophene rings is 1. The Bertz CT molecular complexity index is 143. The van der Waals surface area contributed by atoms with Gasteiger partial charge >= 0.3 is 29.6 Å². The Labute approximate surface area is 82.5 Å². The predicted octanol–water partition coefficient (Wildman–Crippen LogP) is -1.60. The summed E-state index contributed by atoms with van der Waals surface area (Å²) >= 11 is 1.67. The molecule has 0 amide bonds. The molecular weight excluding hydrogens is 143 g/mol. The van der Waals surface area contributed by atoms with Crippen LogP contribution in [0.25, 0.3) is 0 Å². The predicted molar refractivity (Wildman–Crippen MR) is 36.2 cm³/mol. The molecule has 0 saturated carbocycles. The Morgan fingerprint density at radius 2 is 2.44 bits per heavy atom. The second-order valence-electron chi connectivity index (χ2n) is 1.61. The Morgan fingerprint density at radius 1 is 1.67 bits per heavy atom. The summed E-state index contributed by atoms with van der Waals surface area (Å²) in [6.45, 7) is 0.261. The van der Waals surface area contributed by atoms with Gasteiger partial charge in [-0.05, 0) is 28.8 Å². The summed E-state index contributed by atoms with van der Waals surface area (Å²) in [5.74, 6) is 0. The van der Waals surface area contributed by atoms with E-state index in [0.717, 1.165) is 6.42 Å². The van der Waals surface area contributed by atoms with Crippen LogP contribution in [0, 0.1) is 0 Å². The molecule has 1 nitrogen and oxygen atoms in total. The van der Waals surface area contributed by atoms with Gasteiger partial charge in [-0.2, -0.15) is 11.3 Å². The van der Waals surface area contributed by atoms with Crippen molar-refractivity contribution >= 4 is 11.3 Å². The standard InChI is InChI=1S/C6H8OS.Na.H/c7-3-1-6-2-4-8-5-6;;/h2,4-5,7H,1,3H2;;/q;+1;-1. The van der Waals surface area contributed by atoms with Crippen molar-refractivity contribution in [1.29, 1.82) is 0 Å². The normalized spacial score (nSPS) is 8.56. The van der Waals surface area contributed by atoms with Gasteiger partial charge in [0.2, 0.25) is 0 Å². The molecular formula is C6H9NaOS. The van der Waals surface area contributed by atoms with E-state index >= 15 is 0 Å². The molecule has 0 fully saturated rings. The zero-order valence-electron chi connectivity index (χ0n) is 6.50. The Kier molecular flexibility index (Phi) is 5.84. The van der Waals surface area contributed by atoms with E-state index in [9.17, 15) is 0 Å². The van der Waals surface area contributed by atoms with Crippen LogP contribution in [-0.4, -0.2) is 11.7 Å². The van der Waals surface area contributed by atoms with Crippen molar-refractivity contribution in [1.82, 2.24) is 0 Å². The Balaban J connectivity index is 0. The van der Waals surface area contributed by atoms with Gasteiger partial charge in [0, 0.05) is 6.61 Å². The first kappa shape index (κ1) is 9.66. The molecule has 1 aromatic rings. The van der Waals surface area contributed by atoms with Gasteiger partial charge in [-0.1, -0.05) is 0 Å². The summed E-state index contributed by atoms with van der Waals surface area (Å²) in [6.07, 6.45) is 0.795. The second-order valence-corrected chi connectivity index (χ2v) is 2.39. The Hall–Kier alpha value is 0.660. The van der Waals surface area contributed by atoms with Crippen molar-refractivity contribution in [3.8, 4) is 0 Å². The molecule has 3 heteroatoms. The van der Waals surface area contributed by atoms with Crippen LogP contribution in [0.15, 0.2) is 16.8 Å². The number of hydrogen-bond acceptors (Lipinski definition) is 2. The molecule has 0 spiro atoms. The van der Waals surface area contributed by atoms with Gasteiger partial charge in [0.05, 0.1) is 0 Å². The van der Waals surface area contributed by atoms with E-state index < -0.39 is 0 Å². The SMILES string of the molecule is OCCc1ccsc1.[H-].[Na+]. The fraction of sp³-hybridized carbons (Fsp3) is 0.333. The average molecular weight is 152 g/mol. The number of rotatable bonds is 2. The summed E-state index contributed by atoms with van der Waals surface area (Å²) in [5, 5.41) is 12.5. The first-order valence-electron chi connectivity index (χ1n) is 2.55. The molecule has 46 valence electrons. The maximum atomic E-state index is 8.44. The van der Waals surface area contributed by atoms with Gasteiger partial charge in [-0.3, -0.25) is 0 Å². The van der Waals surface area contributed by atoms with Crippen LogP contribution in [0.3, 0.4) is 0 Å². The van der Waals surface area contributed by atoms with Gasteiger partial charge in [0.25, 0.3) is 0 Å². The monoisotopic (exact) mass is 152 g/mol. The largest absolute Gasteiger partial charge is 1.00 e. The van der Waals surface area contributed by atoms with E-state index in [1.54, 1.807) is 11.3 Å². The molecule has 9 heavy (non-hydrogen) atoms. The quantitative estimate of drug-likeness (QED) is 0.506. The first-order valence-corrected chi connectivity index (χ1v) is 3.49. The fourth-order valence-electron chi connectivity index (χ4n) is 0.564. The average Bonchev–Trinajstić information content (AvgIpc) is 2.19. The van der Waals surface area contributed by atoms with E-state index in [2.05, 4.69) is 5.38 Å². The van der Waals surface area contributed by atoms with Crippen molar-refractivity contribution in [2.24, 2.45) is 0 Å². The molecule has 0 unspecified atom stereocenters. The van der Waals surface area contributed by atoms with Gasteiger partial charge in [-0.25, -0.2) is 0 Å². The molecule has 1 rings (SSSR count). The van der Waals surface area contributed by atoms with Crippen molar-refractivity contribution < 1.29 is 36.1 Å². The molecule has 0 saturated heterocycles. The van der Waals surface area contributed by atoms with Crippen molar-refractivity contribution in [2.75, 3.05) is 6.61 Å². The fourth-order valence-corrected chi connectivity index (χ4v) is 1.27. The third-order valence-corrected chi connectivity index (χ3v) is 1.71. The summed E-state index contributed by atoms with van der Waals surface area (Å²) in [6, 6.07) is 2.03. The molecule has 0 aromatic carbocycles. The van der Waals surface area contributed by atoms with Gasteiger partial charge in [0.1, 0.15) is 0 Å². The van der Waals surface area contributed by atoms with E-state index in [4.69, 9.17) is 5.11 Å². The van der Waals surface area contributed by atoms with Crippen molar-refractivity contribution in [2.45, 2.75) is 6.42 Å². The molecule has 1 N–H and O–H groups in total. The molecule has 0 aliphatic heterocycles. The zero-order chi connectivity index (χ0) is 5.82. The maximum absolute atomic E-state index is 8.44. The van der Waals surface area contributed by atoms with Crippen LogP contribution in [0.5, 0.6) is 0 Å². The first-order chi connectivity index (χ1) is 3.93. The van der Waals surface area contributed by atoms with E-state index in [1.165, 1.54) is 5.56 Å².